The van der Waals surface area contributed by atoms with Crippen LogP contribution in [0.4, 0.5) is 0 Å². The quantitative estimate of drug-likeness (QED) is 0.806. The number of aromatic nitrogens is 2. The third kappa shape index (κ3) is 2.59. The number of ether oxygens (including phenoxy) is 1. The van der Waals surface area contributed by atoms with Crippen molar-refractivity contribution in [3.63, 3.8) is 0 Å². The molecule has 0 saturated heterocycles. The van der Waals surface area contributed by atoms with Crippen molar-refractivity contribution in [2.75, 3.05) is 12.5 Å². The fraction of sp³-hybridized carbons (Fsp3) is 0.429. The Morgan fingerprint density at radius 2 is 2.21 bits per heavy atom. The van der Waals surface area contributed by atoms with Gasteiger partial charge in [-0.2, -0.15) is 4.98 Å². The first-order valence-electron chi connectivity index (χ1n) is 6.48. The summed E-state index contributed by atoms with van der Waals surface area (Å²) in [4.78, 5) is 4.48. The lowest BCUT2D eigenvalue weighted by atomic mass is 9.92. The van der Waals surface area contributed by atoms with Gasteiger partial charge in [-0.15, -0.1) is 11.6 Å². The van der Waals surface area contributed by atoms with Crippen molar-refractivity contribution >= 4 is 11.6 Å². The van der Waals surface area contributed by atoms with E-state index in [0.717, 1.165) is 36.4 Å². The highest BCUT2D eigenvalue weighted by Gasteiger charge is 2.26. The molecule has 19 heavy (non-hydrogen) atoms. The minimum absolute atomic E-state index is 0.165. The van der Waals surface area contributed by atoms with Gasteiger partial charge >= 0.3 is 0 Å². The van der Waals surface area contributed by atoms with Crippen LogP contribution in [0.2, 0.25) is 0 Å². The fourth-order valence-corrected chi connectivity index (χ4v) is 2.47. The summed E-state index contributed by atoms with van der Waals surface area (Å²) >= 11 is 5.67. The molecule has 1 aliphatic heterocycles. The molecule has 3 rings (SSSR count). The van der Waals surface area contributed by atoms with Crippen LogP contribution in [-0.4, -0.2) is 22.6 Å². The van der Waals surface area contributed by atoms with Gasteiger partial charge in [0.1, 0.15) is 5.75 Å². The smallest absolute Gasteiger partial charge is 0.226 e. The number of halogens is 1. The molecule has 0 amide bonds. The first-order chi connectivity index (χ1) is 9.38. The van der Waals surface area contributed by atoms with E-state index in [1.807, 2.05) is 18.2 Å². The van der Waals surface area contributed by atoms with Gasteiger partial charge in [0.25, 0.3) is 0 Å². The van der Waals surface area contributed by atoms with E-state index in [4.69, 9.17) is 20.9 Å². The average molecular weight is 279 g/mol. The van der Waals surface area contributed by atoms with Gasteiger partial charge in [0.2, 0.25) is 5.89 Å². The van der Waals surface area contributed by atoms with Gasteiger partial charge < -0.3 is 9.26 Å². The summed E-state index contributed by atoms with van der Waals surface area (Å²) in [6, 6.07) is 8.03. The second kappa shape index (κ2) is 5.61. The van der Waals surface area contributed by atoms with Crippen molar-refractivity contribution in [2.45, 2.75) is 25.2 Å². The summed E-state index contributed by atoms with van der Waals surface area (Å²) in [5.74, 6) is 3.11. The van der Waals surface area contributed by atoms with E-state index < -0.39 is 0 Å². The molecule has 2 aromatic rings. The summed E-state index contributed by atoms with van der Waals surface area (Å²) in [5, 5.41) is 4.11. The Morgan fingerprint density at radius 3 is 3.11 bits per heavy atom. The van der Waals surface area contributed by atoms with Gasteiger partial charge in [-0.05, 0) is 18.9 Å². The third-order valence-corrected chi connectivity index (χ3v) is 3.55. The first kappa shape index (κ1) is 12.5. The van der Waals surface area contributed by atoms with Crippen molar-refractivity contribution in [2.24, 2.45) is 0 Å². The zero-order valence-electron chi connectivity index (χ0n) is 10.5. The van der Waals surface area contributed by atoms with Gasteiger partial charge in [-0.3, -0.25) is 0 Å². The Labute approximate surface area is 116 Å². The van der Waals surface area contributed by atoms with Crippen molar-refractivity contribution in [3.8, 4) is 5.75 Å². The molecule has 0 aliphatic carbocycles. The number of hydrogen-bond acceptors (Lipinski definition) is 4. The highest BCUT2D eigenvalue weighted by molar-refractivity contribution is 6.17. The number of alkyl halides is 1. The predicted octanol–water partition coefficient (Wildman–Crippen LogP) is 3.16. The Balaban J connectivity index is 1.85. The number of benzene rings is 1. The molecular formula is C14H15ClN2O2. The lowest BCUT2D eigenvalue weighted by Crippen LogP contribution is -2.16. The Morgan fingerprint density at radius 1 is 1.32 bits per heavy atom. The van der Waals surface area contributed by atoms with Gasteiger partial charge in [0, 0.05) is 17.9 Å². The molecule has 1 aromatic heterocycles. The van der Waals surface area contributed by atoms with Crippen LogP contribution in [0, 0.1) is 0 Å². The van der Waals surface area contributed by atoms with Gasteiger partial charge in [0.05, 0.1) is 12.5 Å². The second-order valence-electron chi connectivity index (χ2n) is 4.57. The molecule has 1 aliphatic rings. The number of hydrogen-bond donors (Lipinski definition) is 0. The van der Waals surface area contributed by atoms with Crippen molar-refractivity contribution in [1.82, 2.24) is 10.1 Å². The molecule has 0 fully saturated rings. The molecule has 0 radical (unpaired) electrons. The molecule has 1 atom stereocenters. The minimum Gasteiger partial charge on any atom is -0.493 e. The van der Waals surface area contributed by atoms with Crippen LogP contribution in [0.25, 0.3) is 0 Å². The van der Waals surface area contributed by atoms with Gasteiger partial charge in [0.15, 0.2) is 5.82 Å². The lowest BCUT2D eigenvalue weighted by Gasteiger charge is -2.23. The van der Waals surface area contributed by atoms with Crippen LogP contribution in [-0.2, 0) is 6.42 Å². The first-order valence-corrected chi connectivity index (χ1v) is 7.02. The van der Waals surface area contributed by atoms with Gasteiger partial charge in [-0.25, -0.2) is 0 Å². The van der Waals surface area contributed by atoms with Crippen LogP contribution in [0.5, 0.6) is 5.75 Å². The number of nitrogens with zero attached hydrogens (tertiary/aromatic N) is 2. The summed E-state index contributed by atoms with van der Waals surface area (Å²) in [5.41, 5.74) is 1.14. The van der Waals surface area contributed by atoms with Crippen molar-refractivity contribution in [1.29, 1.82) is 0 Å². The van der Waals surface area contributed by atoms with E-state index in [9.17, 15) is 0 Å². The number of para-hydroxylation sites is 1. The largest absolute Gasteiger partial charge is 0.493 e. The number of fused-ring (bicyclic) bond motifs is 1. The Kier molecular flexibility index (Phi) is 3.69. The van der Waals surface area contributed by atoms with Gasteiger partial charge in [-0.1, -0.05) is 23.4 Å². The van der Waals surface area contributed by atoms with E-state index in [0.29, 0.717) is 18.4 Å². The Hall–Kier alpha value is -1.55. The third-order valence-electron chi connectivity index (χ3n) is 3.28. The zero-order chi connectivity index (χ0) is 13.1. The van der Waals surface area contributed by atoms with E-state index in [2.05, 4.69) is 16.2 Å². The zero-order valence-corrected chi connectivity index (χ0v) is 11.3. The van der Waals surface area contributed by atoms with E-state index in [-0.39, 0.29) is 5.92 Å². The van der Waals surface area contributed by atoms with Crippen molar-refractivity contribution < 1.29 is 9.26 Å². The summed E-state index contributed by atoms with van der Waals surface area (Å²) < 4.78 is 10.9. The molecule has 2 heterocycles. The summed E-state index contributed by atoms with van der Waals surface area (Å²) in [7, 11) is 0. The fourth-order valence-electron chi connectivity index (χ4n) is 2.34. The van der Waals surface area contributed by atoms with E-state index in [1.165, 1.54) is 0 Å². The SMILES string of the molecule is ClCCCc1nc(C2CCOc3ccccc32)no1. The van der Waals surface area contributed by atoms with Crippen LogP contribution < -0.4 is 4.74 Å². The lowest BCUT2D eigenvalue weighted by molar-refractivity contribution is 0.272. The van der Waals surface area contributed by atoms with Crippen LogP contribution in [0.15, 0.2) is 28.8 Å². The van der Waals surface area contributed by atoms with Crippen LogP contribution in [0.1, 0.15) is 36.0 Å². The van der Waals surface area contributed by atoms with E-state index in [1.54, 1.807) is 0 Å². The average Bonchev–Trinajstić information content (AvgIpc) is 2.93. The maximum Gasteiger partial charge on any atom is 0.226 e. The molecule has 0 bridgehead atoms. The normalized spacial score (nSPS) is 17.8. The molecule has 0 N–H and O–H groups in total. The molecule has 0 spiro atoms. The highest BCUT2D eigenvalue weighted by Crippen LogP contribution is 2.36. The van der Waals surface area contributed by atoms with Crippen LogP contribution in [0.3, 0.4) is 0 Å². The molecule has 5 heteroatoms. The van der Waals surface area contributed by atoms with E-state index >= 15 is 0 Å². The molecule has 4 nitrogen and oxygen atoms in total. The summed E-state index contributed by atoms with van der Waals surface area (Å²) in [6.07, 6.45) is 2.47. The molecular weight excluding hydrogens is 264 g/mol. The minimum atomic E-state index is 0.165. The summed E-state index contributed by atoms with van der Waals surface area (Å²) in [6.45, 7) is 0.688. The monoisotopic (exact) mass is 278 g/mol. The maximum absolute atomic E-state index is 5.67. The molecule has 0 saturated carbocycles. The van der Waals surface area contributed by atoms with Crippen LogP contribution >= 0.6 is 11.6 Å². The topological polar surface area (TPSA) is 48.2 Å². The maximum atomic E-state index is 5.67. The highest BCUT2D eigenvalue weighted by atomic mass is 35.5. The van der Waals surface area contributed by atoms with Crippen molar-refractivity contribution in [3.05, 3.63) is 41.5 Å². The molecule has 1 unspecified atom stereocenters. The second-order valence-corrected chi connectivity index (χ2v) is 4.94. The Bertz CT molecular complexity index is 556. The molecule has 1 aromatic carbocycles. The number of rotatable bonds is 4. The molecule has 100 valence electrons. The standard InChI is InChI=1S/C14H15ClN2O2/c15-8-3-6-13-16-14(17-19-13)11-7-9-18-12-5-2-1-4-10(11)12/h1-2,4-5,11H,3,6-9H2. The number of aryl methyl sites for hydroxylation is 1. The predicted molar refractivity (Wildman–Crippen MR) is 71.7 cm³/mol.